The van der Waals surface area contributed by atoms with E-state index >= 15 is 0 Å². The van der Waals surface area contributed by atoms with E-state index in [0.29, 0.717) is 5.82 Å². The van der Waals surface area contributed by atoms with Crippen LogP contribution in [0.3, 0.4) is 0 Å². The number of hydrazine groups is 1. The van der Waals surface area contributed by atoms with Crippen molar-refractivity contribution in [3.63, 3.8) is 0 Å². The van der Waals surface area contributed by atoms with Crippen molar-refractivity contribution in [1.29, 1.82) is 0 Å². The van der Waals surface area contributed by atoms with Crippen molar-refractivity contribution in [2.75, 3.05) is 10.7 Å². The molecule has 6 heteroatoms. The summed E-state index contributed by atoms with van der Waals surface area (Å²) in [5.74, 6) is 7.60. The molecule has 0 unspecified atom stereocenters. The first-order valence-electron chi connectivity index (χ1n) is 6.91. The van der Waals surface area contributed by atoms with E-state index in [1.165, 1.54) is 11.1 Å². The number of nitrogens with zero attached hydrogens (tertiary/aromatic N) is 2. The molecule has 0 saturated heterocycles. The zero-order chi connectivity index (χ0) is 15.4. The first kappa shape index (κ1) is 15.7. The Morgan fingerprint density at radius 3 is 2.29 bits per heavy atom. The summed E-state index contributed by atoms with van der Waals surface area (Å²) in [6.45, 7) is 6.23. The van der Waals surface area contributed by atoms with E-state index in [1.54, 1.807) is 6.07 Å². The predicted molar refractivity (Wildman–Crippen MR) is 90.7 cm³/mol. The molecule has 0 amide bonds. The summed E-state index contributed by atoms with van der Waals surface area (Å²) < 4.78 is 1.13. The highest BCUT2D eigenvalue weighted by atomic mass is 79.9. The Morgan fingerprint density at radius 1 is 1.10 bits per heavy atom. The second kappa shape index (κ2) is 6.87. The standard InChI is InChI=1S/C15H20BrN5/c1-4-5-12-19-13(8-14(20-12)21-17)18-11-6-9(2)15(16)10(3)7-11/h6-8H,4-5,17H2,1-3H3,(H2,18,19,20,21). The van der Waals surface area contributed by atoms with Crippen molar-refractivity contribution in [3.05, 3.63) is 39.6 Å². The topological polar surface area (TPSA) is 75.9 Å². The van der Waals surface area contributed by atoms with Gasteiger partial charge in [0.2, 0.25) is 0 Å². The van der Waals surface area contributed by atoms with Crippen molar-refractivity contribution in [2.24, 2.45) is 5.84 Å². The van der Waals surface area contributed by atoms with Crippen molar-refractivity contribution >= 4 is 33.3 Å². The molecule has 1 heterocycles. The van der Waals surface area contributed by atoms with Crippen LogP contribution in [0.4, 0.5) is 17.3 Å². The predicted octanol–water partition coefficient (Wildman–Crippen LogP) is 3.84. The van der Waals surface area contributed by atoms with E-state index in [2.05, 4.69) is 69.5 Å². The van der Waals surface area contributed by atoms with Gasteiger partial charge in [0.25, 0.3) is 0 Å². The molecule has 0 atom stereocenters. The summed E-state index contributed by atoms with van der Waals surface area (Å²) in [5, 5.41) is 3.32. The molecule has 112 valence electrons. The number of rotatable bonds is 5. The van der Waals surface area contributed by atoms with Crippen LogP contribution in [0.25, 0.3) is 0 Å². The van der Waals surface area contributed by atoms with Gasteiger partial charge in [0.05, 0.1) is 0 Å². The van der Waals surface area contributed by atoms with Gasteiger partial charge in [-0.3, -0.25) is 0 Å². The lowest BCUT2D eigenvalue weighted by Gasteiger charge is -2.12. The number of aromatic nitrogens is 2. The lowest BCUT2D eigenvalue weighted by molar-refractivity contribution is 0.837. The zero-order valence-corrected chi connectivity index (χ0v) is 14.1. The molecule has 1 aromatic carbocycles. The molecule has 0 fully saturated rings. The smallest absolute Gasteiger partial charge is 0.145 e. The maximum absolute atomic E-state index is 5.47. The third kappa shape index (κ3) is 3.92. The highest BCUT2D eigenvalue weighted by Crippen LogP contribution is 2.27. The van der Waals surface area contributed by atoms with E-state index in [-0.39, 0.29) is 0 Å². The summed E-state index contributed by atoms with van der Waals surface area (Å²) in [5.41, 5.74) is 5.94. The molecule has 21 heavy (non-hydrogen) atoms. The largest absolute Gasteiger partial charge is 0.340 e. The van der Waals surface area contributed by atoms with E-state index in [4.69, 9.17) is 5.84 Å². The van der Waals surface area contributed by atoms with Crippen molar-refractivity contribution in [3.8, 4) is 0 Å². The molecule has 0 saturated carbocycles. The van der Waals surface area contributed by atoms with Crippen molar-refractivity contribution in [2.45, 2.75) is 33.6 Å². The van der Waals surface area contributed by atoms with Gasteiger partial charge < -0.3 is 10.7 Å². The summed E-state index contributed by atoms with van der Waals surface area (Å²) in [4.78, 5) is 8.86. The highest BCUT2D eigenvalue weighted by Gasteiger charge is 2.06. The molecule has 4 N–H and O–H groups in total. The number of halogens is 1. The number of hydrogen-bond donors (Lipinski definition) is 3. The molecule has 0 aliphatic carbocycles. The molecule has 0 radical (unpaired) electrons. The van der Waals surface area contributed by atoms with Crippen molar-refractivity contribution < 1.29 is 0 Å². The van der Waals surface area contributed by atoms with Gasteiger partial charge in [0.1, 0.15) is 17.5 Å². The quantitative estimate of drug-likeness (QED) is 0.564. The maximum atomic E-state index is 5.47. The Balaban J connectivity index is 2.32. The minimum atomic E-state index is 0.613. The maximum Gasteiger partial charge on any atom is 0.145 e. The van der Waals surface area contributed by atoms with Crippen LogP contribution in [0.1, 0.15) is 30.3 Å². The van der Waals surface area contributed by atoms with Gasteiger partial charge in [0.15, 0.2) is 0 Å². The molecule has 2 rings (SSSR count). The summed E-state index contributed by atoms with van der Waals surface area (Å²) >= 11 is 3.57. The van der Waals surface area contributed by atoms with Gasteiger partial charge in [-0.25, -0.2) is 15.8 Å². The number of anilines is 3. The van der Waals surface area contributed by atoms with Gasteiger partial charge in [-0.2, -0.15) is 0 Å². The molecule has 2 aromatic rings. The molecular weight excluding hydrogens is 330 g/mol. The molecule has 0 aliphatic heterocycles. The average Bonchev–Trinajstić information content (AvgIpc) is 2.44. The fourth-order valence-corrected chi connectivity index (χ4v) is 2.37. The van der Waals surface area contributed by atoms with Gasteiger partial charge in [0, 0.05) is 22.6 Å². The minimum absolute atomic E-state index is 0.613. The second-order valence-electron chi connectivity index (χ2n) is 5.00. The molecule has 0 bridgehead atoms. The van der Waals surface area contributed by atoms with Gasteiger partial charge in [-0.15, -0.1) is 0 Å². The number of aryl methyl sites for hydroxylation is 3. The van der Waals surface area contributed by atoms with Crippen LogP contribution in [-0.2, 0) is 6.42 Å². The van der Waals surface area contributed by atoms with E-state index < -0.39 is 0 Å². The number of nitrogen functional groups attached to an aromatic ring is 1. The second-order valence-corrected chi connectivity index (χ2v) is 5.79. The lowest BCUT2D eigenvalue weighted by atomic mass is 10.1. The Hall–Kier alpha value is -1.66. The fourth-order valence-electron chi connectivity index (χ4n) is 2.14. The van der Waals surface area contributed by atoms with E-state index in [1.807, 2.05) is 0 Å². The van der Waals surface area contributed by atoms with Crippen LogP contribution in [0, 0.1) is 13.8 Å². The van der Waals surface area contributed by atoms with E-state index in [9.17, 15) is 0 Å². The van der Waals surface area contributed by atoms with Crippen LogP contribution >= 0.6 is 15.9 Å². The van der Waals surface area contributed by atoms with E-state index in [0.717, 1.165) is 34.6 Å². The molecular formula is C15H20BrN5. The summed E-state index contributed by atoms with van der Waals surface area (Å²) in [6, 6.07) is 5.95. The SMILES string of the molecule is CCCc1nc(NN)cc(Nc2cc(C)c(Br)c(C)c2)n1. The van der Waals surface area contributed by atoms with Crippen LogP contribution < -0.4 is 16.6 Å². The first-order valence-corrected chi connectivity index (χ1v) is 7.71. The normalized spacial score (nSPS) is 10.5. The monoisotopic (exact) mass is 349 g/mol. The van der Waals surface area contributed by atoms with Crippen molar-refractivity contribution in [1.82, 2.24) is 9.97 Å². The first-order chi connectivity index (χ1) is 10.0. The zero-order valence-electron chi connectivity index (χ0n) is 12.5. The van der Waals surface area contributed by atoms with Crippen LogP contribution in [0.5, 0.6) is 0 Å². The Morgan fingerprint density at radius 2 is 1.71 bits per heavy atom. The lowest BCUT2D eigenvalue weighted by Crippen LogP contribution is -2.11. The summed E-state index contributed by atoms with van der Waals surface area (Å²) in [6.07, 6.45) is 1.81. The Labute approximate surface area is 133 Å². The number of hydrogen-bond acceptors (Lipinski definition) is 5. The molecule has 5 nitrogen and oxygen atoms in total. The number of nitrogens with two attached hydrogens (primary N) is 1. The van der Waals surface area contributed by atoms with Crippen LogP contribution in [-0.4, -0.2) is 9.97 Å². The third-order valence-corrected chi connectivity index (χ3v) is 4.35. The molecule has 1 aromatic heterocycles. The number of benzene rings is 1. The number of nitrogens with one attached hydrogen (secondary N) is 2. The van der Waals surface area contributed by atoms with Crippen LogP contribution in [0.2, 0.25) is 0 Å². The molecule has 0 spiro atoms. The average molecular weight is 350 g/mol. The molecule has 0 aliphatic rings. The summed E-state index contributed by atoms with van der Waals surface area (Å²) in [7, 11) is 0. The minimum Gasteiger partial charge on any atom is -0.340 e. The van der Waals surface area contributed by atoms with Gasteiger partial charge in [-0.1, -0.05) is 22.9 Å². The van der Waals surface area contributed by atoms with Gasteiger partial charge in [-0.05, 0) is 43.5 Å². The Kier molecular flexibility index (Phi) is 5.14. The Bertz CT molecular complexity index is 619. The van der Waals surface area contributed by atoms with Gasteiger partial charge >= 0.3 is 0 Å². The highest BCUT2D eigenvalue weighted by molar-refractivity contribution is 9.10. The third-order valence-electron chi connectivity index (χ3n) is 3.10. The van der Waals surface area contributed by atoms with Crippen LogP contribution in [0.15, 0.2) is 22.7 Å². The fraction of sp³-hybridized carbons (Fsp3) is 0.333.